The molecule has 0 aliphatic heterocycles. The molecule has 5 nitrogen and oxygen atoms in total. The predicted molar refractivity (Wildman–Crippen MR) is 82.6 cm³/mol. The Morgan fingerprint density at radius 1 is 1.19 bits per heavy atom. The van der Waals surface area contributed by atoms with Crippen LogP contribution < -0.4 is 5.73 Å². The summed E-state index contributed by atoms with van der Waals surface area (Å²) in [5.41, 5.74) is 10.4. The summed E-state index contributed by atoms with van der Waals surface area (Å²) in [6.07, 6.45) is 3.62. The fourth-order valence-electron chi connectivity index (χ4n) is 2.33. The number of aryl methyl sites for hydroxylation is 1. The maximum atomic E-state index is 5.95. The number of hydrogen-bond donors (Lipinski definition) is 1. The highest BCUT2D eigenvalue weighted by atomic mass is 16.5. The van der Waals surface area contributed by atoms with Gasteiger partial charge in [-0.3, -0.25) is 0 Å². The SMILES string of the molecule is CC(C)c1ccc(-c2c(-c3cn(C)cn3)noc2N)cc1. The van der Waals surface area contributed by atoms with Crippen LogP contribution in [0.15, 0.2) is 41.3 Å². The first-order valence-electron chi connectivity index (χ1n) is 6.90. The monoisotopic (exact) mass is 282 g/mol. The van der Waals surface area contributed by atoms with Crippen LogP contribution in [0.4, 0.5) is 5.88 Å². The molecule has 0 spiro atoms. The van der Waals surface area contributed by atoms with Crippen molar-refractivity contribution in [3.63, 3.8) is 0 Å². The lowest BCUT2D eigenvalue weighted by atomic mass is 9.98. The van der Waals surface area contributed by atoms with Crippen molar-refractivity contribution in [3.8, 4) is 22.5 Å². The maximum absolute atomic E-state index is 5.95. The summed E-state index contributed by atoms with van der Waals surface area (Å²) in [5, 5.41) is 4.06. The van der Waals surface area contributed by atoms with E-state index in [1.165, 1.54) is 5.56 Å². The number of hydrogen-bond acceptors (Lipinski definition) is 4. The Kier molecular flexibility index (Phi) is 3.25. The fraction of sp³-hybridized carbons (Fsp3) is 0.250. The molecule has 0 aliphatic carbocycles. The van der Waals surface area contributed by atoms with Crippen molar-refractivity contribution >= 4 is 5.88 Å². The maximum Gasteiger partial charge on any atom is 0.230 e. The summed E-state index contributed by atoms with van der Waals surface area (Å²) < 4.78 is 7.04. The van der Waals surface area contributed by atoms with E-state index in [2.05, 4.69) is 36.1 Å². The Morgan fingerprint density at radius 3 is 2.48 bits per heavy atom. The van der Waals surface area contributed by atoms with Crippen LogP contribution in [-0.4, -0.2) is 14.7 Å². The topological polar surface area (TPSA) is 69.9 Å². The van der Waals surface area contributed by atoms with Crippen LogP contribution in [0.2, 0.25) is 0 Å². The third kappa shape index (κ3) is 2.42. The predicted octanol–water partition coefficient (Wildman–Crippen LogP) is 3.45. The summed E-state index contributed by atoms with van der Waals surface area (Å²) in [7, 11) is 1.91. The van der Waals surface area contributed by atoms with Crippen LogP contribution in [-0.2, 0) is 7.05 Å². The van der Waals surface area contributed by atoms with Gasteiger partial charge in [0, 0.05) is 13.2 Å². The van der Waals surface area contributed by atoms with Crippen LogP contribution in [0, 0.1) is 0 Å². The zero-order valence-electron chi connectivity index (χ0n) is 12.4. The molecule has 0 radical (unpaired) electrons. The van der Waals surface area contributed by atoms with Crippen LogP contribution in [0.25, 0.3) is 22.5 Å². The molecule has 2 heterocycles. The molecule has 0 aliphatic rings. The van der Waals surface area contributed by atoms with Gasteiger partial charge in [-0.25, -0.2) is 4.98 Å². The van der Waals surface area contributed by atoms with Gasteiger partial charge >= 0.3 is 0 Å². The molecule has 21 heavy (non-hydrogen) atoms. The average molecular weight is 282 g/mol. The highest BCUT2D eigenvalue weighted by Gasteiger charge is 2.19. The normalized spacial score (nSPS) is 11.2. The number of aromatic nitrogens is 3. The Hall–Kier alpha value is -2.56. The molecule has 5 heteroatoms. The van der Waals surface area contributed by atoms with Crippen molar-refractivity contribution in [1.82, 2.24) is 14.7 Å². The lowest BCUT2D eigenvalue weighted by Gasteiger charge is -2.06. The van der Waals surface area contributed by atoms with Gasteiger partial charge in [-0.2, -0.15) is 0 Å². The van der Waals surface area contributed by atoms with E-state index in [-0.39, 0.29) is 0 Å². The molecule has 0 bridgehead atoms. The number of imidazole rings is 1. The first-order valence-corrected chi connectivity index (χ1v) is 6.90. The van der Waals surface area contributed by atoms with Crippen molar-refractivity contribution < 1.29 is 4.52 Å². The van der Waals surface area contributed by atoms with E-state index in [1.807, 2.05) is 29.9 Å². The van der Waals surface area contributed by atoms with E-state index < -0.39 is 0 Å². The van der Waals surface area contributed by atoms with Gasteiger partial charge in [0.2, 0.25) is 5.88 Å². The quantitative estimate of drug-likeness (QED) is 0.798. The minimum Gasteiger partial charge on any atom is -0.367 e. The number of nitrogens with two attached hydrogens (primary N) is 1. The van der Waals surface area contributed by atoms with Gasteiger partial charge < -0.3 is 14.8 Å². The first kappa shape index (κ1) is 13.4. The number of benzene rings is 1. The molecule has 2 aromatic heterocycles. The Labute approximate surface area is 123 Å². The highest BCUT2D eigenvalue weighted by molar-refractivity contribution is 5.85. The average Bonchev–Trinajstić information content (AvgIpc) is 3.05. The van der Waals surface area contributed by atoms with E-state index in [4.69, 9.17) is 10.3 Å². The number of anilines is 1. The van der Waals surface area contributed by atoms with E-state index in [0.29, 0.717) is 17.5 Å². The van der Waals surface area contributed by atoms with Crippen LogP contribution in [0.3, 0.4) is 0 Å². The second-order valence-electron chi connectivity index (χ2n) is 5.47. The molecule has 0 amide bonds. The lowest BCUT2D eigenvalue weighted by Crippen LogP contribution is -1.90. The largest absolute Gasteiger partial charge is 0.367 e. The lowest BCUT2D eigenvalue weighted by molar-refractivity contribution is 0.439. The Bertz CT molecular complexity index is 753. The van der Waals surface area contributed by atoms with E-state index in [1.54, 1.807) is 6.33 Å². The van der Waals surface area contributed by atoms with Crippen molar-refractivity contribution in [3.05, 3.63) is 42.4 Å². The molecule has 3 rings (SSSR count). The van der Waals surface area contributed by atoms with Crippen molar-refractivity contribution in [2.45, 2.75) is 19.8 Å². The molecule has 3 aromatic rings. The zero-order valence-corrected chi connectivity index (χ0v) is 12.4. The van der Waals surface area contributed by atoms with Gasteiger partial charge in [-0.1, -0.05) is 43.3 Å². The fourth-order valence-corrected chi connectivity index (χ4v) is 2.33. The van der Waals surface area contributed by atoms with Crippen molar-refractivity contribution in [2.75, 3.05) is 5.73 Å². The van der Waals surface area contributed by atoms with Crippen molar-refractivity contribution in [1.29, 1.82) is 0 Å². The molecular formula is C16H18N4O. The Morgan fingerprint density at radius 2 is 1.90 bits per heavy atom. The number of rotatable bonds is 3. The summed E-state index contributed by atoms with van der Waals surface area (Å²) in [4.78, 5) is 4.32. The van der Waals surface area contributed by atoms with Gasteiger partial charge in [0.1, 0.15) is 11.4 Å². The van der Waals surface area contributed by atoms with Crippen LogP contribution in [0.5, 0.6) is 0 Å². The molecule has 0 saturated carbocycles. The molecule has 0 unspecified atom stereocenters. The summed E-state index contributed by atoms with van der Waals surface area (Å²) in [6.45, 7) is 4.34. The molecular weight excluding hydrogens is 264 g/mol. The van der Waals surface area contributed by atoms with Gasteiger partial charge in [-0.15, -0.1) is 0 Å². The second kappa shape index (κ2) is 5.09. The third-order valence-corrected chi connectivity index (χ3v) is 3.53. The molecule has 0 saturated heterocycles. The van der Waals surface area contributed by atoms with Gasteiger partial charge in [-0.05, 0) is 17.0 Å². The van der Waals surface area contributed by atoms with E-state index in [9.17, 15) is 0 Å². The summed E-state index contributed by atoms with van der Waals surface area (Å²) >= 11 is 0. The summed E-state index contributed by atoms with van der Waals surface area (Å²) in [5.74, 6) is 0.807. The first-order chi connectivity index (χ1) is 10.1. The highest BCUT2D eigenvalue weighted by Crippen LogP contribution is 2.35. The van der Waals surface area contributed by atoms with E-state index >= 15 is 0 Å². The van der Waals surface area contributed by atoms with Crippen LogP contribution in [0.1, 0.15) is 25.3 Å². The Balaban J connectivity index is 2.08. The van der Waals surface area contributed by atoms with Crippen LogP contribution >= 0.6 is 0 Å². The van der Waals surface area contributed by atoms with Crippen molar-refractivity contribution in [2.24, 2.45) is 7.05 Å². The van der Waals surface area contributed by atoms with Gasteiger partial charge in [0.25, 0.3) is 0 Å². The van der Waals surface area contributed by atoms with Gasteiger partial charge in [0.15, 0.2) is 0 Å². The van der Waals surface area contributed by atoms with E-state index in [0.717, 1.165) is 16.8 Å². The molecule has 1 aromatic carbocycles. The standard InChI is InChI=1S/C16H18N4O/c1-10(2)11-4-6-12(7-5-11)14-15(19-21-16(14)17)13-8-20(3)9-18-13/h4-10H,17H2,1-3H3. The molecule has 2 N–H and O–H groups in total. The van der Waals surface area contributed by atoms with Gasteiger partial charge in [0.05, 0.1) is 11.9 Å². The number of nitrogen functional groups attached to an aromatic ring is 1. The molecule has 0 fully saturated rings. The second-order valence-corrected chi connectivity index (χ2v) is 5.47. The zero-order chi connectivity index (χ0) is 15.0. The summed E-state index contributed by atoms with van der Waals surface area (Å²) in [6, 6.07) is 8.30. The minimum absolute atomic E-state index is 0.313. The third-order valence-electron chi connectivity index (χ3n) is 3.53. The minimum atomic E-state index is 0.313. The number of nitrogens with zero attached hydrogens (tertiary/aromatic N) is 3. The molecule has 0 atom stereocenters. The smallest absolute Gasteiger partial charge is 0.230 e. The molecule has 108 valence electrons.